The van der Waals surface area contributed by atoms with Crippen LogP contribution in [-0.2, 0) is 10.0 Å². The van der Waals surface area contributed by atoms with E-state index in [2.05, 4.69) is 4.90 Å². The van der Waals surface area contributed by atoms with Crippen LogP contribution in [-0.4, -0.2) is 45.4 Å². The Morgan fingerprint density at radius 2 is 1.83 bits per heavy atom. The van der Waals surface area contributed by atoms with Crippen molar-refractivity contribution < 1.29 is 13.2 Å². The van der Waals surface area contributed by atoms with Crippen molar-refractivity contribution in [1.29, 1.82) is 0 Å². The first kappa shape index (κ1) is 17.2. The minimum Gasteiger partial charge on any atom is -0.367 e. The highest BCUT2D eigenvalue weighted by Gasteiger charge is 2.25. The van der Waals surface area contributed by atoms with Gasteiger partial charge in [-0.25, -0.2) is 13.6 Å². The zero-order valence-electron chi connectivity index (χ0n) is 12.7. The first-order valence-corrected chi connectivity index (χ1v) is 10.1. The molecular formula is C15H16ClN3O3S2. The van der Waals surface area contributed by atoms with Crippen LogP contribution in [0.25, 0.3) is 0 Å². The van der Waals surface area contributed by atoms with E-state index in [0.29, 0.717) is 36.8 Å². The van der Waals surface area contributed by atoms with Crippen molar-refractivity contribution in [3.8, 4) is 0 Å². The van der Waals surface area contributed by atoms with Crippen molar-refractivity contribution in [2.75, 3.05) is 31.1 Å². The van der Waals surface area contributed by atoms with Gasteiger partial charge in [0.15, 0.2) is 0 Å². The summed E-state index contributed by atoms with van der Waals surface area (Å²) in [6.07, 6.45) is 0. The maximum absolute atomic E-state index is 12.5. The van der Waals surface area contributed by atoms with Gasteiger partial charge in [-0.3, -0.25) is 4.79 Å². The molecule has 1 aliphatic rings. The second kappa shape index (κ2) is 6.72. The van der Waals surface area contributed by atoms with Crippen LogP contribution in [0.3, 0.4) is 0 Å². The molecule has 3 rings (SSSR count). The molecule has 0 bridgehead atoms. The normalized spacial score (nSPS) is 15.6. The molecule has 0 atom stereocenters. The number of thiophene rings is 1. The third-order valence-corrected chi connectivity index (χ3v) is 6.57. The fraction of sp³-hybridized carbons (Fsp3) is 0.267. The van der Waals surface area contributed by atoms with Crippen LogP contribution in [0.5, 0.6) is 0 Å². The van der Waals surface area contributed by atoms with E-state index < -0.39 is 10.0 Å². The molecule has 1 aromatic heterocycles. The molecule has 24 heavy (non-hydrogen) atoms. The van der Waals surface area contributed by atoms with E-state index in [1.165, 1.54) is 11.4 Å². The van der Waals surface area contributed by atoms with Gasteiger partial charge in [0.25, 0.3) is 5.91 Å². The van der Waals surface area contributed by atoms with Gasteiger partial charge in [0, 0.05) is 31.6 Å². The van der Waals surface area contributed by atoms with Crippen molar-refractivity contribution in [2.24, 2.45) is 5.14 Å². The maximum Gasteiger partial charge on any atom is 0.254 e. The molecule has 2 aromatic rings. The van der Waals surface area contributed by atoms with Crippen molar-refractivity contribution >= 4 is 44.6 Å². The molecule has 1 aliphatic heterocycles. The van der Waals surface area contributed by atoms with Crippen LogP contribution in [0.1, 0.15) is 10.4 Å². The first-order valence-electron chi connectivity index (χ1n) is 7.26. The molecule has 0 aliphatic carbocycles. The van der Waals surface area contributed by atoms with E-state index in [-0.39, 0.29) is 10.1 Å². The number of hydrogen-bond acceptors (Lipinski definition) is 5. The zero-order valence-corrected chi connectivity index (χ0v) is 15.1. The standard InChI is InChI=1S/C15H16ClN3O3S2/c16-12-3-1-2-4-13(12)18-5-7-19(8-6-18)15(20)11-9-14(23-10-11)24(17,21)22/h1-4,9-10H,5-8H2,(H2,17,21,22). The molecule has 6 nitrogen and oxygen atoms in total. The minimum absolute atomic E-state index is 0.000512. The van der Waals surface area contributed by atoms with E-state index in [1.54, 1.807) is 4.90 Å². The fourth-order valence-electron chi connectivity index (χ4n) is 2.62. The Labute approximate surface area is 149 Å². The number of halogens is 1. The van der Waals surface area contributed by atoms with Gasteiger partial charge in [-0.1, -0.05) is 23.7 Å². The van der Waals surface area contributed by atoms with Gasteiger partial charge in [0.2, 0.25) is 10.0 Å². The molecule has 0 spiro atoms. The van der Waals surface area contributed by atoms with E-state index in [1.807, 2.05) is 24.3 Å². The quantitative estimate of drug-likeness (QED) is 0.875. The third kappa shape index (κ3) is 3.56. The second-order valence-electron chi connectivity index (χ2n) is 5.43. The smallest absolute Gasteiger partial charge is 0.254 e. The Morgan fingerprint density at radius 1 is 1.17 bits per heavy atom. The SMILES string of the molecule is NS(=O)(=O)c1cc(C(=O)N2CCN(c3ccccc3Cl)CC2)cs1. The fourth-order valence-corrected chi connectivity index (χ4v) is 4.45. The summed E-state index contributed by atoms with van der Waals surface area (Å²) in [7, 11) is -3.77. The molecule has 0 saturated carbocycles. The second-order valence-corrected chi connectivity index (χ2v) is 8.54. The monoisotopic (exact) mass is 385 g/mol. The zero-order chi connectivity index (χ0) is 17.3. The van der Waals surface area contributed by atoms with E-state index in [9.17, 15) is 13.2 Å². The number of rotatable bonds is 3. The number of carbonyl (C=O) groups is 1. The van der Waals surface area contributed by atoms with Crippen LogP contribution in [0.4, 0.5) is 5.69 Å². The Kier molecular flexibility index (Phi) is 4.82. The molecule has 1 saturated heterocycles. The Balaban J connectivity index is 1.67. The van der Waals surface area contributed by atoms with Gasteiger partial charge < -0.3 is 9.80 Å². The van der Waals surface area contributed by atoms with Gasteiger partial charge in [0.1, 0.15) is 4.21 Å². The van der Waals surface area contributed by atoms with Crippen LogP contribution in [0.2, 0.25) is 5.02 Å². The van der Waals surface area contributed by atoms with Gasteiger partial charge in [-0.2, -0.15) is 0 Å². The molecule has 1 fully saturated rings. The highest BCUT2D eigenvalue weighted by Crippen LogP contribution is 2.27. The summed E-state index contributed by atoms with van der Waals surface area (Å²) in [6.45, 7) is 2.43. The van der Waals surface area contributed by atoms with Crippen molar-refractivity contribution in [2.45, 2.75) is 4.21 Å². The van der Waals surface area contributed by atoms with Crippen molar-refractivity contribution in [3.63, 3.8) is 0 Å². The Morgan fingerprint density at radius 3 is 2.42 bits per heavy atom. The van der Waals surface area contributed by atoms with Crippen molar-refractivity contribution in [3.05, 3.63) is 46.3 Å². The summed E-state index contributed by atoms with van der Waals surface area (Å²) in [5.41, 5.74) is 1.31. The van der Waals surface area contributed by atoms with Crippen molar-refractivity contribution in [1.82, 2.24) is 4.90 Å². The lowest BCUT2D eigenvalue weighted by molar-refractivity contribution is 0.0747. The molecular weight excluding hydrogens is 370 g/mol. The molecule has 128 valence electrons. The van der Waals surface area contributed by atoms with Gasteiger partial charge in [-0.05, 0) is 18.2 Å². The number of hydrogen-bond donors (Lipinski definition) is 1. The molecule has 9 heteroatoms. The van der Waals surface area contributed by atoms with Gasteiger partial charge >= 0.3 is 0 Å². The summed E-state index contributed by atoms with van der Waals surface area (Å²) >= 11 is 7.17. The van der Waals surface area contributed by atoms with E-state index >= 15 is 0 Å². The summed E-state index contributed by atoms with van der Waals surface area (Å²) in [5, 5.41) is 7.30. The molecule has 0 radical (unpaired) electrons. The van der Waals surface area contributed by atoms with Crippen LogP contribution in [0.15, 0.2) is 39.9 Å². The lowest BCUT2D eigenvalue weighted by Gasteiger charge is -2.36. The highest BCUT2D eigenvalue weighted by atomic mass is 35.5. The largest absolute Gasteiger partial charge is 0.367 e. The Hall–Kier alpha value is -1.61. The predicted molar refractivity (Wildman–Crippen MR) is 95.3 cm³/mol. The number of anilines is 1. The summed E-state index contributed by atoms with van der Waals surface area (Å²) < 4.78 is 22.6. The first-order chi connectivity index (χ1) is 11.4. The summed E-state index contributed by atoms with van der Waals surface area (Å²) in [6, 6.07) is 8.94. The Bertz CT molecular complexity index is 858. The molecule has 1 aromatic carbocycles. The van der Waals surface area contributed by atoms with Crippen LogP contribution >= 0.6 is 22.9 Å². The topological polar surface area (TPSA) is 83.7 Å². The predicted octanol–water partition coefficient (Wildman–Crippen LogP) is 2.01. The number of nitrogens with two attached hydrogens (primary N) is 1. The van der Waals surface area contributed by atoms with Gasteiger partial charge in [0.05, 0.1) is 16.3 Å². The highest BCUT2D eigenvalue weighted by molar-refractivity contribution is 7.91. The number of nitrogens with zero attached hydrogens (tertiary/aromatic N) is 2. The summed E-state index contributed by atoms with van der Waals surface area (Å²) in [5.74, 6) is -0.181. The average molecular weight is 386 g/mol. The third-order valence-electron chi connectivity index (χ3n) is 3.86. The number of amides is 1. The van der Waals surface area contributed by atoms with E-state index in [0.717, 1.165) is 17.0 Å². The lowest BCUT2D eigenvalue weighted by Crippen LogP contribution is -2.48. The number of sulfonamides is 1. The molecule has 2 heterocycles. The molecule has 1 amide bonds. The summed E-state index contributed by atoms with van der Waals surface area (Å²) in [4.78, 5) is 16.3. The number of carbonyl (C=O) groups excluding carboxylic acids is 1. The number of piperazine rings is 1. The average Bonchev–Trinajstić information content (AvgIpc) is 3.05. The molecule has 2 N–H and O–H groups in total. The maximum atomic E-state index is 12.5. The van der Waals surface area contributed by atoms with Crippen LogP contribution in [0, 0.1) is 0 Å². The number of para-hydroxylation sites is 1. The minimum atomic E-state index is -3.77. The van der Waals surface area contributed by atoms with E-state index in [4.69, 9.17) is 16.7 Å². The van der Waals surface area contributed by atoms with Gasteiger partial charge in [-0.15, -0.1) is 11.3 Å². The number of primary sulfonamides is 1. The molecule has 0 unspecified atom stereocenters. The number of benzene rings is 1. The lowest BCUT2D eigenvalue weighted by atomic mass is 10.2. The van der Waals surface area contributed by atoms with Crippen LogP contribution < -0.4 is 10.0 Å².